The maximum atomic E-state index is 12.2. The summed E-state index contributed by atoms with van der Waals surface area (Å²) in [5.74, 6) is 0.868. The van der Waals surface area contributed by atoms with Crippen molar-refractivity contribution in [1.29, 1.82) is 0 Å². The van der Waals surface area contributed by atoms with Crippen molar-refractivity contribution in [1.82, 2.24) is 35.1 Å². The number of H-pyrrole nitrogens is 2. The zero-order chi connectivity index (χ0) is 26.2. The molecule has 0 bridgehead atoms. The zero-order valence-corrected chi connectivity index (χ0v) is 21.3. The molecule has 3 N–H and O–H groups in total. The molecule has 5 heterocycles. The largest absolute Gasteiger partial charge is 0.335 e. The summed E-state index contributed by atoms with van der Waals surface area (Å²) in [4.78, 5) is 33.8. The predicted molar refractivity (Wildman–Crippen MR) is 148 cm³/mol. The number of aromatic nitrogens is 7. The van der Waals surface area contributed by atoms with Gasteiger partial charge >= 0.3 is 0 Å². The van der Waals surface area contributed by atoms with Gasteiger partial charge in [-0.25, -0.2) is 9.97 Å². The summed E-state index contributed by atoms with van der Waals surface area (Å²) >= 11 is 0. The van der Waals surface area contributed by atoms with Crippen molar-refractivity contribution in [3.63, 3.8) is 0 Å². The molecule has 0 saturated carbocycles. The number of carbonyl (C=O) groups excluding carboxylic acids is 1. The number of amides is 1. The van der Waals surface area contributed by atoms with Crippen molar-refractivity contribution in [3.8, 4) is 33.8 Å². The van der Waals surface area contributed by atoms with E-state index in [9.17, 15) is 4.79 Å². The lowest BCUT2D eigenvalue weighted by atomic mass is 10.1. The number of hydrogen-bond acceptors (Lipinski definition) is 6. The van der Waals surface area contributed by atoms with Gasteiger partial charge in [0.1, 0.15) is 5.69 Å². The van der Waals surface area contributed by atoms with E-state index in [1.54, 1.807) is 24.8 Å². The Morgan fingerprint density at radius 3 is 2.55 bits per heavy atom. The van der Waals surface area contributed by atoms with Crippen LogP contribution in [0.4, 0.5) is 5.69 Å². The average Bonchev–Trinajstić information content (AvgIpc) is 3.52. The van der Waals surface area contributed by atoms with Crippen molar-refractivity contribution < 1.29 is 4.79 Å². The van der Waals surface area contributed by atoms with Crippen LogP contribution in [-0.2, 0) is 4.79 Å². The summed E-state index contributed by atoms with van der Waals surface area (Å²) in [6.07, 6.45) is 9.22. The Labute approximate surface area is 218 Å². The summed E-state index contributed by atoms with van der Waals surface area (Å²) in [5, 5.41) is 11.3. The first kappa shape index (κ1) is 23.5. The summed E-state index contributed by atoms with van der Waals surface area (Å²) < 4.78 is 0. The number of aryl methyl sites for hydroxylation is 1. The minimum atomic E-state index is -0.0333. The number of imidazole rings is 1. The molecule has 5 aromatic heterocycles. The van der Waals surface area contributed by atoms with Crippen LogP contribution in [0.15, 0.2) is 67.4 Å². The second-order valence-corrected chi connectivity index (χ2v) is 9.84. The minimum Gasteiger partial charge on any atom is -0.335 e. The molecular formula is C29H26N8O. The fraction of sp³-hybridized carbons (Fsp3) is 0.172. The van der Waals surface area contributed by atoms with E-state index < -0.39 is 0 Å². The van der Waals surface area contributed by atoms with E-state index in [-0.39, 0.29) is 11.8 Å². The minimum absolute atomic E-state index is 0.0333. The lowest BCUT2D eigenvalue weighted by Gasteiger charge is -2.08. The molecule has 0 saturated heterocycles. The molecular weight excluding hydrogens is 476 g/mol. The van der Waals surface area contributed by atoms with Crippen LogP contribution in [0, 0.1) is 12.8 Å². The number of nitrogens with zero attached hydrogens (tertiary/aromatic N) is 5. The van der Waals surface area contributed by atoms with E-state index in [2.05, 4.69) is 66.6 Å². The normalized spacial score (nSPS) is 11.5. The molecule has 0 spiro atoms. The fourth-order valence-electron chi connectivity index (χ4n) is 4.48. The summed E-state index contributed by atoms with van der Waals surface area (Å²) in [5.41, 5.74) is 8.50. The Bertz CT molecular complexity index is 1780. The highest BCUT2D eigenvalue weighted by Crippen LogP contribution is 2.32. The van der Waals surface area contributed by atoms with Crippen LogP contribution < -0.4 is 5.32 Å². The maximum Gasteiger partial charge on any atom is 0.224 e. The van der Waals surface area contributed by atoms with E-state index >= 15 is 0 Å². The third-order valence-corrected chi connectivity index (χ3v) is 6.35. The van der Waals surface area contributed by atoms with Gasteiger partial charge in [-0.15, -0.1) is 0 Å². The second-order valence-electron chi connectivity index (χ2n) is 9.84. The monoisotopic (exact) mass is 502 g/mol. The molecule has 0 aliphatic heterocycles. The van der Waals surface area contributed by atoms with Crippen molar-refractivity contribution >= 4 is 33.7 Å². The topological polar surface area (TPSA) is 125 Å². The third-order valence-electron chi connectivity index (χ3n) is 6.35. The highest BCUT2D eigenvalue weighted by atomic mass is 16.1. The molecule has 38 heavy (non-hydrogen) atoms. The molecule has 0 unspecified atom stereocenters. The van der Waals surface area contributed by atoms with Crippen LogP contribution >= 0.6 is 0 Å². The molecule has 9 heteroatoms. The van der Waals surface area contributed by atoms with Gasteiger partial charge in [-0.2, -0.15) is 5.10 Å². The lowest BCUT2D eigenvalue weighted by molar-refractivity contribution is -0.116. The number of aromatic amines is 2. The number of anilines is 1. The smallest absolute Gasteiger partial charge is 0.224 e. The molecule has 0 atom stereocenters. The van der Waals surface area contributed by atoms with Gasteiger partial charge in [0.2, 0.25) is 5.91 Å². The van der Waals surface area contributed by atoms with Crippen LogP contribution in [0.5, 0.6) is 0 Å². The number of fused-ring (bicyclic) bond motifs is 2. The van der Waals surface area contributed by atoms with Crippen LogP contribution in [0.1, 0.15) is 25.8 Å². The highest BCUT2D eigenvalue weighted by molar-refractivity contribution is 5.97. The first-order chi connectivity index (χ1) is 18.4. The Morgan fingerprint density at radius 1 is 0.947 bits per heavy atom. The summed E-state index contributed by atoms with van der Waals surface area (Å²) in [6, 6.07) is 12.2. The molecule has 9 nitrogen and oxygen atoms in total. The SMILES string of the molecule is Cc1ccc(-c2cncc3[nH]c(-c4n[nH]c5ncc(-c6cncc(NC(=O)CC(C)C)c6)cc45)nc23)cc1. The Balaban J connectivity index is 1.38. The van der Waals surface area contributed by atoms with Crippen LogP contribution in [0.25, 0.3) is 55.8 Å². The zero-order valence-electron chi connectivity index (χ0n) is 21.3. The van der Waals surface area contributed by atoms with Gasteiger partial charge < -0.3 is 10.3 Å². The standard InChI is InChI=1S/C29H26N8O/c1-16(2)8-25(38)33-21-9-19(11-30-13-21)20-10-22-27(36-37-28(22)32-12-20)29-34-24-15-31-14-23(26(24)35-29)18-6-4-17(3)5-7-18/h4-7,9-16H,8H2,1-3H3,(H,33,38)(H,34,35)(H,32,36,37). The molecule has 6 rings (SSSR count). The third kappa shape index (κ3) is 4.50. The van der Waals surface area contributed by atoms with Crippen LogP contribution in [-0.4, -0.2) is 41.0 Å². The van der Waals surface area contributed by atoms with Gasteiger partial charge in [0.15, 0.2) is 11.5 Å². The number of hydrogen-bond donors (Lipinski definition) is 3. The molecule has 0 fully saturated rings. The first-order valence-electron chi connectivity index (χ1n) is 12.4. The van der Waals surface area contributed by atoms with Crippen molar-refractivity contribution in [3.05, 3.63) is 72.9 Å². The average molecular weight is 503 g/mol. The fourth-order valence-corrected chi connectivity index (χ4v) is 4.48. The van der Waals surface area contributed by atoms with E-state index in [0.717, 1.165) is 38.7 Å². The van der Waals surface area contributed by atoms with Gasteiger partial charge in [-0.1, -0.05) is 43.7 Å². The Kier molecular flexibility index (Phi) is 5.88. The van der Waals surface area contributed by atoms with Crippen molar-refractivity contribution in [2.45, 2.75) is 27.2 Å². The molecule has 0 aliphatic carbocycles. The molecule has 6 aromatic rings. The van der Waals surface area contributed by atoms with Crippen molar-refractivity contribution in [2.24, 2.45) is 5.92 Å². The van der Waals surface area contributed by atoms with E-state index in [0.29, 0.717) is 29.3 Å². The van der Waals surface area contributed by atoms with E-state index in [1.165, 1.54) is 5.56 Å². The number of rotatable bonds is 6. The number of pyridine rings is 3. The van der Waals surface area contributed by atoms with E-state index in [1.807, 2.05) is 32.2 Å². The van der Waals surface area contributed by atoms with Gasteiger partial charge in [-0.05, 0) is 30.5 Å². The molecule has 0 aliphatic rings. The molecule has 188 valence electrons. The second kappa shape index (κ2) is 9.51. The quantitative estimate of drug-likeness (QED) is 0.260. The predicted octanol–water partition coefficient (Wildman–Crippen LogP) is 5.92. The van der Waals surface area contributed by atoms with Crippen LogP contribution in [0.2, 0.25) is 0 Å². The van der Waals surface area contributed by atoms with E-state index in [4.69, 9.17) is 4.98 Å². The molecule has 1 aromatic carbocycles. The Morgan fingerprint density at radius 2 is 1.74 bits per heavy atom. The number of carbonyl (C=O) groups is 1. The van der Waals surface area contributed by atoms with Crippen molar-refractivity contribution in [2.75, 3.05) is 5.32 Å². The number of nitrogens with one attached hydrogen (secondary N) is 3. The Hall–Kier alpha value is -4.92. The maximum absolute atomic E-state index is 12.2. The van der Waals surface area contributed by atoms with Crippen LogP contribution in [0.3, 0.4) is 0 Å². The van der Waals surface area contributed by atoms with Gasteiger partial charge in [0.05, 0.1) is 34.5 Å². The highest BCUT2D eigenvalue weighted by Gasteiger charge is 2.17. The van der Waals surface area contributed by atoms with Gasteiger partial charge in [0.25, 0.3) is 0 Å². The van der Waals surface area contributed by atoms with Gasteiger partial charge in [-0.3, -0.25) is 19.9 Å². The lowest BCUT2D eigenvalue weighted by Crippen LogP contribution is -2.13. The number of benzene rings is 1. The first-order valence-corrected chi connectivity index (χ1v) is 12.4. The summed E-state index contributed by atoms with van der Waals surface area (Å²) in [6.45, 7) is 6.09. The van der Waals surface area contributed by atoms with Gasteiger partial charge in [0, 0.05) is 41.7 Å². The molecule has 0 radical (unpaired) electrons. The summed E-state index contributed by atoms with van der Waals surface area (Å²) in [7, 11) is 0. The molecule has 1 amide bonds.